The minimum Gasteiger partial charge on any atom is -0.434 e. The molecule has 1 aromatic rings. The summed E-state index contributed by atoms with van der Waals surface area (Å²) in [5.74, 6) is -0.363. The van der Waals surface area contributed by atoms with Crippen molar-refractivity contribution in [1.82, 2.24) is 9.80 Å². The summed E-state index contributed by atoms with van der Waals surface area (Å²) in [4.78, 5) is 16.1. The lowest BCUT2D eigenvalue weighted by Gasteiger charge is -2.39. The summed E-state index contributed by atoms with van der Waals surface area (Å²) in [5.41, 5.74) is -0.672. The van der Waals surface area contributed by atoms with Crippen LogP contribution in [0.3, 0.4) is 0 Å². The Morgan fingerprint density at radius 3 is 2.58 bits per heavy atom. The van der Waals surface area contributed by atoms with Gasteiger partial charge in [-0.15, -0.1) is 0 Å². The van der Waals surface area contributed by atoms with Gasteiger partial charge < -0.3 is 19.8 Å². The number of hydrogen-bond acceptors (Lipinski definition) is 5. The SMILES string of the molecule is C[C@@](O)(CO)[C@H]1CCCN(Cc2ccc(N3CCN(CC(F)(F)F)C3=O)cc2OC(F)F)C1. The molecule has 0 spiro atoms. The maximum Gasteiger partial charge on any atom is 0.406 e. The molecule has 2 saturated heterocycles. The molecule has 2 atom stereocenters. The van der Waals surface area contributed by atoms with Crippen molar-refractivity contribution >= 4 is 11.7 Å². The van der Waals surface area contributed by atoms with Gasteiger partial charge >= 0.3 is 18.8 Å². The van der Waals surface area contributed by atoms with Gasteiger partial charge in [-0.25, -0.2) is 4.79 Å². The second kappa shape index (κ2) is 9.98. The normalized spacial score (nSPS) is 22.2. The van der Waals surface area contributed by atoms with Crippen LogP contribution in [0.1, 0.15) is 25.3 Å². The zero-order valence-electron chi connectivity index (χ0n) is 18.2. The third-order valence-corrected chi connectivity index (χ3v) is 6.14. The summed E-state index contributed by atoms with van der Waals surface area (Å²) in [5, 5.41) is 19.8. The van der Waals surface area contributed by atoms with Crippen molar-refractivity contribution in [3.05, 3.63) is 23.8 Å². The lowest BCUT2D eigenvalue weighted by atomic mass is 9.83. The first-order chi connectivity index (χ1) is 15.4. The molecule has 12 heteroatoms. The predicted octanol–water partition coefficient (Wildman–Crippen LogP) is 3.05. The number of hydrogen-bond donors (Lipinski definition) is 2. The minimum absolute atomic E-state index is 0.00751. The lowest BCUT2D eigenvalue weighted by molar-refractivity contribution is -0.138. The Labute approximate surface area is 188 Å². The molecule has 3 rings (SSSR count). The standard InChI is InChI=1S/C21H28F5N3O4/c1-20(32,13-30)15-3-2-6-27(11-15)10-14-4-5-16(9-17(14)33-18(22)23)29-8-7-28(19(29)31)12-21(24,25)26/h4-5,9,15,18,30,32H,2-3,6-8,10-13H2,1H3/t15-,20+/m0/s1. The van der Waals surface area contributed by atoms with Crippen molar-refractivity contribution in [2.24, 2.45) is 5.92 Å². The van der Waals surface area contributed by atoms with E-state index >= 15 is 0 Å². The number of anilines is 1. The summed E-state index contributed by atoms with van der Waals surface area (Å²) in [7, 11) is 0. The molecule has 2 aliphatic rings. The zero-order chi connectivity index (χ0) is 24.4. The summed E-state index contributed by atoms with van der Waals surface area (Å²) in [6.07, 6.45) is -3.07. The maximum absolute atomic E-state index is 13.1. The van der Waals surface area contributed by atoms with Crippen LogP contribution in [0.2, 0.25) is 0 Å². The van der Waals surface area contributed by atoms with E-state index in [0.717, 1.165) is 17.7 Å². The van der Waals surface area contributed by atoms with Gasteiger partial charge in [-0.3, -0.25) is 9.80 Å². The van der Waals surface area contributed by atoms with Crippen molar-refractivity contribution < 1.29 is 41.7 Å². The van der Waals surface area contributed by atoms with E-state index in [9.17, 15) is 37.0 Å². The maximum atomic E-state index is 13.1. The van der Waals surface area contributed by atoms with Crippen LogP contribution >= 0.6 is 0 Å². The molecule has 186 valence electrons. The molecule has 0 aliphatic carbocycles. The van der Waals surface area contributed by atoms with Gasteiger partial charge in [-0.1, -0.05) is 6.07 Å². The Morgan fingerprint density at radius 1 is 1.21 bits per heavy atom. The van der Waals surface area contributed by atoms with Gasteiger partial charge in [0.2, 0.25) is 0 Å². The van der Waals surface area contributed by atoms with E-state index in [4.69, 9.17) is 0 Å². The zero-order valence-corrected chi connectivity index (χ0v) is 18.2. The van der Waals surface area contributed by atoms with Gasteiger partial charge in [0.1, 0.15) is 12.3 Å². The highest BCUT2D eigenvalue weighted by Crippen LogP contribution is 2.33. The molecule has 0 unspecified atom stereocenters. The molecule has 33 heavy (non-hydrogen) atoms. The fourth-order valence-corrected chi connectivity index (χ4v) is 4.31. The average Bonchev–Trinajstić information content (AvgIpc) is 3.08. The highest BCUT2D eigenvalue weighted by molar-refractivity contribution is 5.94. The molecule has 2 heterocycles. The molecule has 0 saturated carbocycles. The Bertz CT molecular complexity index is 837. The van der Waals surface area contributed by atoms with Gasteiger partial charge in [-0.2, -0.15) is 22.0 Å². The molecular weight excluding hydrogens is 453 g/mol. The second-order valence-electron chi connectivity index (χ2n) is 8.73. The number of rotatable bonds is 8. The number of piperidine rings is 1. The molecule has 1 aromatic carbocycles. The number of urea groups is 1. The number of nitrogens with zero attached hydrogens (tertiary/aromatic N) is 3. The number of halogens is 5. The van der Waals surface area contributed by atoms with Crippen LogP contribution < -0.4 is 9.64 Å². The van der Waals surface area contributed by atoms with E-state index < -0.39 is 37.6 Å². The fraction of sp³-hybridized carbons (Fsp3) is 0.667. The Hall–Kier alpha value is -2.18. The van der Waals surface area contributed by atoms with Crippen molar-refractivity contribution in [2.75, 3.05) is 44.2 Å². The first kappa shape index (κ1) is 25.4. The van der Waals surface area contributed by atoms with Crippen molar-refractivity contribution in [2.45, 2.75) is 44.7 Å². The van der Waals surface area contributed by atoms with E-state index in [2.05, 4.69) is 4.74 Å². The van der Waals surface area contributed by atoms with Gasteiger partial charge in [0.05, 0.1) is 12.2 Å². The van der Waals surface area contributed by atoms with Crippen LogP contribution in [0.5, 0.6) is 5.75 Å². The summed E-state index contributed by atoms with van der Waals surface area (Å²) in [6, 6.07) is 3.39. The second-order valence-corrected chi connectivity index (χ2v) is 8.73. The quantitative estimate of drug-likeness (QED) is 0.559. The summed E-state index contributed by atoms with van der Waals surface area (Å²) >= 11 is 0. The number of carbonyl (C=O) groups is 1. The Kier molecular flexibility index (Phi) is 7.69. The van der Waals surface area contributed by atoms with E-state index in [1.165, 1.54) is 18.2 Å². The van der Waals surface area contributed by atoms with Gasteiger partial charge in [0.25, 0.3) is 0 Å². The number of alkyl halides is 5. The number of aliphatic hydroxyl groups excluding tert-OH is 1. The molecule has 2 fully saturated rings. The summed E-state index contributed by atoms with van der Waals surface area (Å²) in [6.45, 7) is -2.16. The topological polar surface area (TPSA) is 76.5 Å². The first-order valence-corrected chi connectivity index (χ1v) is 10.7. The van der Waals surface area contributed by atoms with E-state index in [1.54, 1.807) is 6.92 Å². The number of likely N-dealkylation sites (tertiary alicyclic amines) is 1. The van der Waals surface area contributed by atoms with Crippen LogP contribution in [-0.4, -0.2) is 83.8 Å². The molecular formula is C21H28F5N3O4. The van der Waals surface area contributed by atoms with Crippen molar-refractivity contribution in [3.8, 4) is 5.75 Å². The number of carbonyl (C=O) groups excluding carboxylic acids is 1. The third-order valence-electron chi connectivity index (χ3n) is 6.14. The fourth-order valence-electron chi connectivity index (χ4n) is 4.31. The summed E-state index contributed by atoms with van der Waals surface area (Å²) < 4.78 is 68.8. The largest absolute Gasteiger partial charge is 0.434 e. The highest BCUT2D eigenvalue weighted by atomic mass is 19.4. The van der Waals surface area contributed by atoms with Crippen molar-refractivity contribution in [3.63, 3.8) is 0 Å². The van der Waals surface area contributed by atoms with Crippen LogP contribution in [0.15, 0.2) is 18.2 Å². The van der Waals surface area contributed by atoms with Crippen LogP contribution in [-0.2, 0) is 6.54 Å². The van der Waals surface area contributed by atoms with Gasteiger partial charge in [0.15, 0.2) is 0 Å². The molecule has 2 amide bonds. The van der Waals surface area contributed by atoms with E-state index in [-0.39, 0.29) is 37.0 Å². The molecule has 2 aliphatic heterocycles. The van der Waals surface area contributed by atoms with Crippen LogP contribution in [0.25, 0.3) is 0 Å². The number of ether oxygens (including phenoxy) is 1. The highest BCUT2D eigenvalue weighted by Gasteiger charge is 2.39. The smallest absolute Gasteiger partial charge is 0.406 e. The van der Waals surface area contributed by atoms with E-state index in [0.29, 0.717) is 23.6 Å². The molecule has 0 radical (unpaired) electrons. The Balaban J connectivity index is 1.77. The third kappa shape index (κ3) is 6.45. The monoisotopic (exact) mass is 481 g/mol. The number of amides is 2. The van der Waals surface area contributed by atoms with E-state index in [1.807, 2.05) is 4.90 Å². The van der Waals surface area contributed by atoms with Gasteiger partial charge in [0, 0.05) is 49.4 Å². The number of benzene rings is 1. The molecule has 0 bridgehead atoms. The molecule has 2 N–H and O–H groups in total. The molecule has 7 nitrogen and oxygen atoms in total. The van der Waals surface area contributed by atoms with Crippen LogP contribution in [0.4, 0.5) is 32.4 Å². The van der Waals surface area contributed by atoms with Crippen LogP contribution in [0, 0.1) is 5.92 Å². The van der Waals surface area contributed by atoms with Crippen molar-refractivity contribution in [1.29, 1.82) is 0 Å². The lowest BCUT2D eigenvalue weighted by Crippen LogP contribution is -2.47. The Morgan fingerprint density at radius 2 is 1.94 bits per heavy atom. The first-order valence-electron chi connectivity index (χ1n) is 10.7. The molecule has 0 aromatic heterocycles. The van der Waals surface area contributed by atoms with Gasteiger partial charge in [-0.05, 0) is 32.4 Å². The average molecular weight is 481 g/mol. The minimum atomic E-state index is -4.54. The number of aliphatic hydroxyl groups is 2. The predicted molar refractivity (Wildman–Crippen MR) is 109 cm³/mol.